The fraction of sp³-hybridized carbons (Fsp3) is 0.263. The lowest BCUT2D eigenvalue weighted by Gasteiger charge is -2.09. The first-order valence-corrected chi connectivity index (χ1v) is 7.47. The van der Waals surface area contributed by atoms with E-state index in [0.717, 1.165) is 5.56 Å². The van der Waals surface area contributed by atoms with E-state index in [2.05, 4.69) is 0 Å². The van der Waals surface area contributed by atoms with E-state index < -0.39 is 0 Å². The third-order valence-corrected chi connectivity index (χ3v) is 3.62. The van der Waals surface area contributed by atoms with Crippen LogP contribution in [0.25, 0.3) is 0 Å². The van der Waals surface area contributed by atoms with Crippen LogP contribution in [0.4, 0.5) is 0 Å². The molecule has 0 saturated heterocycles. The molecule has 24 heavy (non-hydrogen) atoms. The molecular weight excluding hydrogens is 308 g/mol. The molecule has 2 rings (SSSR count). The van der Waals surface area contributed by atoms with Gasteiger partial charge in [-0.15, -0.1) is 0 Å². The van der Waals surface area contributed by atoms with E-state index >= 15 is 0 Å². The second kappa shape index (κ2) is 8.15. The lowest BCUT2D eigenvalue weighted by molar-refractivity contribution is -0.117. The van der Waals surface area contributed by atoms with Gasteiger partial charge in [0.2, 0.25) is 0 Å². The summed E-state index contributed by atoms with van der Waals surface area (Å²) in [6.45, 7) is 0. The quantitative estimate of drug-likeness (QED) is 0.550. The van der Waals surface area contributed by atoms with E-state index in [1.54, 1.807) is 56.7 Å². The maximum atomic E-state index is 12.2. The minimum absolute atomic E-state index is 0.138. The molecule has 0 saturated carbocycles. The van der Waals surface area contributed by atoms with Gasteiger partial charge in [0.25, 0.3) is 0 Å². The van der Waals surface area contributed by atoms with E-state index in [1.165, 1.54) is 7.11 Å². The molecule has 0 atom stereocenters. The Labute approximate surface area is 141 Å². The van der Waals surface area contributed by atoms with Crippen molar-refractivity contribution in [3.05, 3.63) is 53.6 Å². The average molecular weight is 328 g/mol. The Kier molecular flexibility index (Phi) is 5.95. The van der Waals surface area contributed by atoms with Gasteiger partial charge in [-0.2, -0.15) is 0 Å². The molecule has 0 heterocycles. The van der Waals surface area contributed by atoms with Crippen molar-refractivity contribution in [2.24, 2.45) is 0 Å². The molecule has 0 unspecified atom stereocenters. The highest BCUT2D eigenvalue weighted by Crippen LogP contribution is 2.27. The topological polar surface area (TPSA) is 61.8 Å². The Morgan fingerprint density at radius 3 is 2.08 bits per heavy atom. The monoisotopic (exact) mass is 328 g/mol. The zero-order valence-electron chi connectivity index (χ0n) is 14.0. The van der Waals surface area contributed by atoms with Crippen LogP contribution in [0.1, 0.15) is 22.3 Å². The van der Waals surface area contributed by atoms with Gasteiger partial charge in [0.1, 0.15) is 11.5 Å². The Hall–Kier alpha value is -2.82. The van der Waals surface area contributed by atoms with Gasteiger partial charge in [-0.3, -0.25) is 9.59 Å². The Balaban J connectivity index is 2.00. The maximum Gasteiger partial charge on any atom is 0.170 e. The lowest BCUT2D eigenvalue weighted by atomic mass is 10.0. The second-order valence-corrected chi connectivity index (χ2v) is 5.23. The number of ketones is 2. The summed E-state index contributed by atoms with van der Waals surface area (Å²) in [5.74, 6) is 1.47. The van der Waals surface area contributed by atoms with Crippen molar-refractivity contribution in [2.45, 2.75) is 12.8 Å². The number of Topliss-reactive ketones (excluding diaryl/α,β-unsaturated/α-hetero) is 2. The van der Waals surface area contributed by atoms with E-state index in [9.17, 15) is 9.59 Å². The number of benzene rings is 2. The summed E-state index contributed by atoms with van der Waals surface area (Å²) in [4.78, 5) is 24.3. The van der Waals surface area contributed by atoms with E-state index in [1.807, 2.05) is 0 Å². The number of hydrogen-bond donors (Lipinski definition) is 0. The highest BCUT2D eigenvalue weighted by molar-refractivity contribution is 6.08. The second-order valence-electron chi connectivity index (χ2n) is 5.23. The molecule has 5 nitrogen and oxygen atoms in total. The first-order valence-electron chi connectivity index (χ1n) is 7.47. The Bertz CT molecular complexity index is 719. The number of rotatable bonds is 8. The number of methoxy groups -OCH3 is 3. The summed E-state index contributed by atoms with van der Waals surface area (Å²) in [7, 11) is 4.65. The van der Waals surface area contributed by atoms with Gasteiger partial charge in [-0.05, 0) is 42.0 Å². The zero-order valence-corrected chi connectivity index (χ0v) is 14.0. The number of carbonyl (C=O) groups is 2. The van der Waals surface area contributed by atoms with E-state index in [0.29, 0.717) is 22.8 Å². The van der Waals surface area contributed by atoms with Crippen molar-refractivity contribution in [3.8, 4) is 17.2 Å². The molecule has 0 fully saturated rings. The first-order chi connectivity index (χ1) is 11.6. The summed E-state index contributed by atoms with van der Waals surface area (Å²) in [5, 5.41) is 0. The fourth-order valence-electron chi connectivity index (χ4n) is 2.34. The lowest BCUT2D eigenvalue weighted by Crippen LogP contribution is -2.10. The van der Waals surface area contributed by atoms with E-state index in [4.69, 9.17) is 14.2 Å². The zero-order chi connectivity index (χ0) is 17.5. The van der Waals surface area contributed by atoms with Crippen LogP contribution in [0.2, 0.25) is 0 Å². The summed E-state index contributed by atoms with van der Waals surface area (Å²) in [5.41, 5.74) is 1.27. The molecule has 0 aromatic heterocycles. The number of carbonyl (C=O) groups excluding carboxylic acids is 2. The first kappa shape index (κ1) is 17.5. The van der Waals surface area contributed by atoms with Crippen LogP contribution in [0.3, 0.4) is 0 Å². The van der Waals surface area contributed by atoms with Crippen molar-refractivity contribution < 1.29 is 23.8 Å². The third kappa shape index (κ3) is 4.35. The highest BCUT2D eigenvalue weighted by atomic mass is 16.5. The minimum Gasteiger partial charge on any atom is -0.497 e. The summed E-state index contributed by atoms with van der Waals surface area (Å²) in [6, 6.07) is 12.0. The Morgan fingerprint density at radius 2 is 1.50 bits per heavy atom. The maximum absolute atomic E-state index is 12.2. The number of ether oxygens (including phenoxy) is 3. The summed E-state index contributed by atoms with van der Waals surface area (Å²) >= 11 is 0. The average Bonchev–Trinajstić information content (AvgIpc) is 2.61. The van der Waals surface area contributed by atoms with Crippen LogP contribution in [-0.2, 0) is 11.2 Å². The third-order valence-electron chi connectivity index (χ3n) is 3.62. The minimum atomic E-state index is -0.205. The molecule has 5 heteroatoms. The molecule has 2 aromatic carbocycles. The molecule has 0 bridgehead atoms. The van der Waals surface area contributed by atoms with Gasteiger partial charge in [0.05, 0.1) is 27.8 Å². The molecule has 0 amide bonds. The molecule has 0 N–H and O–H groups in total. The van der Waals surface area contributed by atoms with Crippen molar-refractivity contribution in [2.75, 3.05) is 21.3 Å². The van der Waals surface area contributed by atoms with Crippen molar-refractivity contribution in [1.29, 1.82) is 0 Å². The molecule has 0 radical (unpaired) electrons. The molecule has 2 aromatic rings. The van der Waals surface area contributed by atoms with Crippen molar-refractivity contribution in [1.82, 2.24) is 0 Å². The Morgan fingerprint density at radius 1 is 0.833 bits per heavy atom. The predicted molar refractivity (Wildman–Crippen MR) is 90.2 cm³/mol. The molecule has 0 aliphatic heterocycles. The molecule has 0 aliphatic rings. The van der Waals surface area contributed by atoms with Crippen LogP contribution in [-0.4, -0.2) is 32.9 Å². The normalized spacial score (nSPS) is 10.1. The van der Waals surface area contributed by atoms with Crippen LogP contribution in [0.5, 0.6) is 17.2 Å². The van der Waals surface area contributed by atoms with Gasteiger partial charge >= 0.3 is 0 Å². The summed E-state index contributed by atoms with van der Waals surface area (Å²) in [6.07, 6.45) is 0.0307. The van der Waals surface area contributed by atoms with Crippen LogP contribution < -0.4 is 14.2 Å². The molecule has 126 valence electrons. The molecule has 0 spiro atoms. The fourth-order valence-corrected chi connectivity index (χ4v) is 2.34. The van der Waals surface area contributed by atoms with Crippen LogP contribution >= 0.6 is 0 Å². The van der Waals surface area contributed by atoms with Gasteiger partial charge in [-0.25, -0.2) is 0 Å². The van der Waals surface area contributed by atoms with Gasteiger partial charge < -0.3 is 14.2 Å². The van der Waals surface area contributed by atoms with Crippen molar-refractivity contribution >= 4 is 11.6 Å². The largest absolute Gasteiger partial charge is 0.497 e. The highest BCUT2D eigenvalue weighted by Gasteiger charge is 2.14. The number of hydrogen-bond acceptors (Lipinski definition) is 5. The van der Waals surface area contributed by atoms with E-state index in [-0.39, 0.29) is 24.4 Å². The van der Waals surface area contributed by atoms with Gasteiger partial charge in [-0.1, -0.05) is 6.07 Å². The van der Waals surface area contributed by atoms with Crippen LogP contribution in [0.15, 0.2) is 42.5 Å². The predicted octanol–water partition coefficient (Wildman–Crippen LogP) is 3.10. The SMILES string of the molecule is COc1ccc(C(=O)CC(=O)Cc2ccc(OC)c(OC)c2)cc1. The summed E-state index contributed by atoms with van der Waals surface area (Å²) < 4.78 is 15.4. The van der Waals surface area contributed by atoms with Crippen molar-refractivity contribution in [3.63, 3.8) is 0 Å². The van der Waals surface area contributed by atoms with Gasteiger partial charge in [0, 0.05) is 12.0 Å². The smallest absolute Gasteiger partial charge is 0.170 e. The van der Waals surface area contributed by atoms with Crippen LogP contribution in [0, 0.1) is 0 Å². The standard InChI is InChI=1S/C19H20O5/c1-22-16-7-5-14(6-8-16)17(21)12-15(20)10-13-4-9-18(23-2)19(11-13)24-3/h4-9,11H,10,12H2,1-3H3. The molecular formula is C19H20O5. The van der Waals surface area contributed by atoms with Gasteiger partial charge in [0.15, 0.2) is 17.3 Å². The molecule has 0 aliphatic carbocycles.